The molecule has 0 spiro atoms. The summed E-state index contributed by atoms with van der Waals surface area (Å²) in [7, 11) is -1.68. The summed E-state index contributed by atoms with van der Waals surface area (Å²) in [6, 6.07) is 4.23. The molecule has 2 rings (SSSR count). The highest BCUT2D eigenvalue weighted by atomic mass is 32.2. The fraction of sp³-hybridized carbons (Fsp3) is 0.611. The maximum absolute atomic E-state index is 12.5. The zero-order valence-corrected chi connectivity index (χ0v) is 16.8. The molecule has 1 amide bonds. The Labute approximate surface area is 156 Å². The summed E-state index contributed by atoms with van der Waals surface area (Å²) in [5, 5.41) is 2.91. The number of rotatable bonds is 5. The number of hydrogen-bond acceptors (Lipinski definition) is 5. The van der Waals surface area contributed by atoms with Crippen LogP contribution in [-0.2, 0) is 10.0 Å². The molecule has 7 nitrogen and oxygen atoms in total. The van der Waals surface area contributed by atoms with Gasteiger partial charge in [0.2, 0.25) is 10.0 Å². The zero-order valence-electron chi connectivity index (χ0n) is 16.0. The smallest absolute Gasteiger partial charge is 0.251 e. The minimum absolute atomic E-state index is 0.00465. The lowest BCUT2D eigenvalue weighted by Crippen LogP contribution is -2.40. The second kappa shape index (κ2) is 7.94. The summed E-state index contributed by atoms with van der Waals surface area (Å²) < 4.78 is 27.6. The number of nitrogens with zero attached hydrogens (tertiary/aromatic N) is 1. The second-order valence-electron chi connectivity index (χ2n) is 8.13. The topological polar surface area (TPSA) is 105 Å². The van der Waals surface area contributed by atoms with E-state index in [1.165, 1.54) is 18.2 Å². The first-order chi connectivity index (χ1) is 12.0. The van der Waals surface area contributed by atoms with Crippen molar-refractivity contribution in [3.63, 3.8) is 0 Å². The SMILES string of the molecule is CN1CCCC(CNC(=O)c2cc(N)cc(S(=O)(=O)NC(C)(C)C)c2)C1. The van der Waals surface area contributed by atoms with E-state index in [0.29, 0.717) is 12.5 Å². The van der Waals surface area contributed by atoms with Gasteiger partial charge in [0.05, 0.1) is 4.90 Å². The number of amides is 1. The maximum Gasteiger partial charge on any atom is 0.251 e. The molecule has 1 aromatic carbocycles. The predicted molar refractivity (Wildman–Crippen MR) is 103 cm³/mol. The normalized spacial score (nSPS) is 19.3. The largest absolute Gasteiger partial charge is 0.399 e. The van der Waals surface area contributed by atoms with Gasteiger partial charge < -0.3 is 16.0 Å². The van der Waals surface area contributed by atoms with Crippen LogP contribution in [0, 0.1) is 5.92 Å². The van der Waals surface area contributed by atoms with E-state index in [4.69, 9.17) is 5.73 Å². The lowest BCUT2D eigenvalue weighted by Gasteiger charge is -2.29. The molecule has 1 aliphatic heterocycles. The molecule has 0 bridgehead atoms. The fourth-order valence-electron chi connectivity index (χ4n) is 3.15. The Morgan fingerprint density at radius 2 is 2.00 bits per heavy atom. The van der Waals surface area contributed by atoms with Crippen molar-refractivity contribution in [1.29, 1.82) is 0 Å². The van der Waals surface area contributed by atoms with Crippen LogP contribution in [0.3, 0.4) is 0 Å². The Kier molecular flexibility index (Phi) is 6.31. The number of carbonyl (C=O) groups excluding carboxylic acids is 1. The number of nitrogen functional groups attached to an aromatic ring is 1. The van der Waals surface area contributed by atoms with Crippen LogP contribution in [0.4, 0.5) is 5.69 Å². The van der Waals surface area contributed by atoms with Crippen LogP contribution < -0.4 is 15.8 Å². The van der Waals surface area contributed by atoms with Gasteiger partial charge in [0.15, 0.2) is 0 Å². The van der Waals surface area contributed by atoms with Gasteiger partial charge in [0.1, 0.15) is 0 Å². The van der Waals surface area contributed by atoms with E-state index in [1.807, 2.05) is 0 Å². The third-order valence-corrected chi connectivity index (χ3v) is 5.95. The van der Waals surface area contributed by atoms with Gasteiger partial charge in [-0.3, -0.25) is 4.79 Å². The minimum atomic E-state index is -3.76. The molecule has 1 heterocycles. The van der Waals surface area contributed by atoms with E-state index >= 15 is 0 Å². The number of nitrogens with two attached hydrogens (primary N) is 1. The van der Waals surface area contributed by atoms with Gasteiger partial charge in [-0.05, 0) is 71.3 Å². The Balaban J connectivity index is 2.12. The number of hydrogen-bond donors (Lipinski definition) is 3. The lowest BCUT2D eigenvalue weighted by atomic mass is 9.98. The highest BCUT2D eigenvalue weighted by Crippen LogP contribution is 2.19. The van der Waals surface area contributed by atoms with Gasteiger partial charge in [-0.1, -0.05) is 0 Å². The van der Waals surface area contributed by atoms with Crippen LogP contribution >= 0.6 is 0 Å². The third-order valence-electron chi connectivity index (χ3n) is 4.22. The third kappa shape index (κ3) is 5.96. The molecule has 26 heavy (non-hydrogen) atoms. The van der Waals surface area contributed by atoms with Gasteiger partial charge in [-0.25, -0.2) is 13.1 Å². The van der Waals surface area contributed by atoms with E-state index in [0.717, 1.165) is 25.9 Å². The molecule has 0 saturated carbocycles. The number of likely N-dealkylation sites (tertiary alicyclic amines) is 1. The van der Waals surface area contributed by atoms with E-state index in [-0.39, 0.29) is 22.1 Å². The maximum atomic E-state index is 12.5. The lowest BCUT2D eigenvalue weighted by molar-refractivity contribution is 0.0936. The van der Waals surface area contributed by atoms with E-state index in [2.05, 4.69) is 22.0 Å². The molecule has 0 radical (unpaired) electrons. The van der Waals surface area contributed by atoms with Crippen LogP contribution in [-0.4, -0.2) is 51.4 Å². The summed E-state index contributed by atoms with van der Waals surface area (Å²) in [5.41, 5.74) is 5.70. The minimum Gasteiger partial charge on any atom is -0.399 e. The van der Waals surface area contributed by atoms with Crippen molar-refractivity contribution in [3.8, 4) is 0 Å². The van der Waals surface area contributed by atoms with Gasteiger partial charge in [0, 0.05) is 29.9 Å². The highest BCUT2D eigenvalue weighted by Gasteiger charge is 2.24. The van der Waals surface area contributed by atoms with Crippen molar-refractivity contribution >= 4 is 21.6 Å². The molecule has 1 saturated heterocycles. The second-order valence-corrected chi connectivity index (χ2v) is 9.81. The zero-order chi connectivity index (χ0) is 19.5. The predicted octanol–water partition coefficient (Wildman–Crippen LogP) is 1.42. The Morgan fingerprint density at radius 3 is 2.62 bits per heavy atom. The van der Waals surface area contributed by atoms with Gasteiger partial charge in [0.25, 0.3) is 5.91 Å². The van der Waals surface area contributed by atoms with Gasteiger partial charge >= 0.3 is 0 Å². The average Bonchev–Trinajstić information content (AvgIpc) is 2.50. The number of anilines is 1. The van der Waals surface area contributed by atoms with Crippen LogP contribution in [0.15, 0.2) is 23.1 Å². The summed E-state index contributed by atoms with van der Waals surface area (Å²) in [6.45, 7) is 7.87. The molecular formula is C18H30N4O3S. The molecule has 8 heteroatoms. The van der Waals surface area contributed by atoms with Crippen molar-refractivity contribution in [3.05, 3.63) is 23.8 Å². The summed E-state index contributed by atoms with van der Waals surface area (Å²) in [6.07, 6.45) is 2.20. The molecule has 1 aliphatic rings. The molecular weight excluding hydrogens is 352 g/mol. The molecule has 0 aromatic heterocycles. The first kappa shape index (κ1) is 20.7. The first-order valence-electron chi connectivity index (χ1n) is 8.87. The van der Waals surface area contributed by atoms with Crippen LogP contribution in [0.2, 0.25) is 0 Å². The van der Waals surface area contributed by atoms with Gasteiger partial charge in [-0.15, -0.1) is 0 Å². The number of piperidine rings is 1. The van der Waals surface area contributed by atoms with Crippen LogP contribution in [0.25, 0.3) is 0 Å². The molecule has 1 unspecified atom stereocenters. The highest BCUT2D eigenvalue weighted by molar-refractivity contribution is 7.89. The fourth-order valence-corrected chi connectivity index (χ4v) is 4.65. The monoisotopic (exact) mass is 382 g/mol. The summed E-state index contributed by atoms with van der Waals surface area (Å²) in [5.74, 6) is 0.0993. The standard InChI is InChI=1S/C18H30N4O3S/c1-18(2,3)21-26(24,25)16-9-14(8-15(19)10-16)17(23)20-11-13-6-5-7-22(4)12-13/h8-10,13,21H,5-7,11-12,19H2,1-4H3,(H,20,23). The van der Waals surface area contributed by atoms with Crippen molar-refractivity contribution < 1.29 is 13.2 Å². The number of carbonyl (C=O) groups is 1. The average molecular weight is 383 g/mol. The van der Waals surface area contributed by atoms with Crippen LogP contribution in [0.5, 0.6) is 0 Å². The Morgan fingerprint density at radius 1 is 1.31 bits per heavy atom. The summed E-state index contributed by atoms with van der Waals surface area (Å²) >= 11 is 0. The van der Waals surface area contributed by atoms with E-state index < -0.39 is 15.6 Å². The number of benzene rings is 1. The Hall–Kier alpha value is -1.64. The van der Waals surface area contributed by atoms with Crippen molar-refractivity contribution in [2.45, 2.75) is 44.0 Å². The number of sulfonamides is 1. The molecule has 0 aliphatic carbocycles. The van der Waals surface area contributed by atoms with E-state index in [1.54, 1.807) is 20.8 Å². The molecule has 1 aromatic rings. The Bertz CT molecular complexity index is 756. The van der Waals surface area contributed by atoms with Crippen molar-refractivity contribution in [2.24, 2.45) is 5.92 Å². The molecule has 146 valence electrons. The van der Waals surface area contributed by atoms with Crippen molar-refractivity contribution in [2.75, 3.05) is 32.4 Å². The van der Waals surface area contributed by atoms with E-state index in [9.17, 15) is 13.2 Å². The van der Waals surface area contributed by atoms with Gasteiger partial charge in [-0.2, -0.15) is 0 Å². The summed E-state index contributed by atoms with van der Waals surface area (Å²) in [4.78, 5) is 14.7. The molecule has 1 atom stereocenters. The molecule has 4 N–H and O–H groups in total. The number of nitrogens with one attached hydrogen (secondary N) is 2. The first-order valence-corrected chi connectivity index (χ1v) is 10.4. The quantitative estimate of drug-likeness (QED) is 0.668. The van der Waals surface area contributed by atoms with Crippen molar-refractivity contribution in [1.82, 2.24) is 14.9 Å². The van der Waals surface area contributed by atoms with Crippen LogP contribution in [0.1, 0.15) is 44.0 Å². The molecule has 1 fully saturated rings.